The van der Waals surface area contributed by atoms with E-state index in [1.165, 1.54) is 15.3 Å². The molecule has 3 aromatic rings. The lowest BCUT2D eigenvalue weighted by molar-refractivity contribution is 0.855. The molecular weight excluding hydrogens is 240 g/mol. The molecule has 0 spiro atoms. The molecule has 18 heavy (non-hydrogen) atoms. The van der Waals surface area contributed by atoms with Crippen molar-refractivity contribution in [1.82, 2.24) is 4.68 Å². The van der Waals surface area contributed by atoms with E-state index >= 15 is 0 Å². The normalized spacial score (nSPS) is 10.4. The van der Waals surface area contributed by atoms with Gasteiger partial charge in [-0.3, -0.25) is 4.68 Å². The van der Waals surface area contributed by atoms with Gasteiger partial charge in [0.15, 0.2) is 0 Å². The van der Waals surface area contributed by atoms with Gasteiger partial charge in [-0.15, -0.1) is 11.3 Å². The molecule has 0 radical (unpaired) electrons. The summed E-state index contributed by atoms with van der Waals surface area (Å²) in [5.74, 6) is 0. The van der Waals surface area contributed by atoms with Crippen molar-refractivity contribution < 1.29 is 0 Å². The minimum absolute atomic E-state index is 0.853. The maximum absolute atomic E-state index is 3.33. The second kappa shape index (κ2) is 5.10. The second-order valence-electron chi connectivity index (χ2n) is 4.06. The Morgan fingerprint density at radius 3 is 2.44 bits per heavy atom. The number of hydrogen-bond acceptors (Lipinski definition) is 2. The number of benzene rings is 1. The third-order valence-electron chi connectivity index (χ3n) is 2.76. The molecule has 2 heterocycles. The Morgan fingerprint density at radius 1 is 0.889 bits per heavy atom. The highest BCUT2D eigenvalue weighted by atomic mass is 32.1. The fraction of sp³-hybridized carbons (Fsp3) is 0.0667. The molecule has 0 unspecified atom stereocenters. The van der Waals surface area contributed by atoms with E-state index in [9.17, 15) is 0 Å². The Morgan fingerprint density at radius 2 is 1.67 bits per heavy atom. The quantitative estimate of drug-likeness (QED) is 0.745. The van der Waals surface area contributed by atoms with Gasteiger partial charge >= 0.3 is 0 Å². The highest BCUT2D eigenvalue weighted by Crippen LogP contribution is 2.27. The molecule has 0 aliphatic rings. The van der Waals surface area contributed by atoms with Crippen LogP contribution in [0.1, 0.15) is 4.88 Å². The van der Waals surface area contributed by atoms with Gasteiger partial charge in [0, 0.05) is 22.1 Å². The molecule has 0 atom stereocenters. The summed E-state index contributed by atoms with van der Waals surface area (Å²) in [5.41, 5.74) is 4.62. The van der Waals surface area contributed by atoms with Crippen molar-refractivity contribution in [1.29, 1.82) is 0 Å². The summed E-state index contributed by atoms with van der Waals surface area (Å²) in [7, 11) is 0. The molecule has 1 aromatic carbocycles. The van der Waals surface area contributed by atoms with Gasteiger partial charge in [-0.2, -0.15) is 0 Å². The molecular formula is C15H14N2S. The smallest absolute Gasteiger partial charge is 0.0657 e. The van der Waals surface area contributed by atoms with E-state index in [-0.39, 0.29) is 0 Å². The lowest BCUT2D eigenvalue weighted by Crippen LogP contribution is -2.10. The van der Waals surface area contributed by atoms with Crippen LogP contribution >= 0.6 is 11.3 Å². The molecule has 0 saturated carbocycles. The fourth-order valence-corrected chi connectivity index (χ4v) is 2.78. The Bertz CT molecular complexity index is 596. The number of aromatic nitrogens is 1. The van der Waals surface area contributed by atoms with E-state index in [1.54, 1.807) is 0 Å². The SMILES string of the molecule is c1ccc(-c2ccc(CNn3cccc3)s2)cc1. The first-order chi connectivity index (χ1) is 8.92. The largest absolute Gasteiger partial charge is 0.321 e. The van der Waals surface area contributed by atoms with Crippen LogP contribution < -0.4 is 5.43 Å². The zero-order valence-corrected chi connectivity index (χ0v) is 10.7. The Kier molecular flexibility index (Phi) is 3.15. The predicted octanol–water partition coefficient (Wildman–Crippen LogP) is 3.96. The van der Waals surface area contributed by atoms with Crippen LogP contribution in [0, 0.1) is 0 Å². The third-order valence-corrected chi connectivity index (χ3v) is 3.89. The third kappa shape index (κ3) is 2.46. The number of nitrogens with zero attached hydrogens (tertiary/aromatic N) is 1. The summed E-state index contributed by atoms with van der Waals surface area (Å²) in [6.45, 7) is 0.853. The van der Waals surface area contributed by atoms with E-state index < -0.39 is 0 Å². The van der Waals surface area contributed by atoms with Crippen LogP contribution in [0.15, 0.2) is 67.0 Å². The highest BCUT2D eigenvalue weighted by Gasteiger charge is 2.01. The van der Waals surface area contributed by atoms with Gasteiger partial charge in [-0.25, -0.2) is 0 Å². The Hall–Kier alpha value is -2.00. The molecule has 0 aliphatic heterocycles. The van der Waals surface area contributed by atoms with Crippen LogP contribution in [0.4, 0.5) is 0 Å². The minimum atomic E-state index is 0.853. The van der Waals surface area contributed by atoms with E-state index in [4.69, 9.17) is 0 Å². The van der Waals surface area contributed by atoms with Crippen molar-refractivity contribution in [3.05, 3.63) is 71.9 Å². The highest BCUT2D eigenvalue weighted by molar-refractivity contribution is 7.15. The standard InChI is InChI=1S/C15H14N2S/c1-2-6-13(7-3-1)15-9-8-14(18-15)12-16-17-10-4-5-11-17/h1-11,16H,12H2. The van der Waals surface area contributed by atoms with E-state index in [0.717, 1.165) is 6.54 Å². The maximum Gasteiger partial charge on any atom is 0.0657 e. The first-order valence-electron chi connectivity index (χ1n) is 5.93. The molecule has 2 aromatic heterocycles. The summed E-state index contributed by atoms with van der Waals surface area (Å²) in [6, 6.07) is 18.9. The number of rotatable bonds is 4. The van der Waals surface area contributed by atoms with Gasteiger partial charge < -0.3 is 5.43 Å². The van der Waals surface area contributed by atoms with E-state index in [2.05, 4.69) is 41.8 Å². The topological polar surface area (TPSA) is 17.0 Å². The average molecular weight is 254 g/mol. The molecule has 3 heteroatoms. The van der Waals surface area contributed by atoms with Crippen LogP contribution in [0.5, 0.6) is 0 Å². The Balaban J connectivity index is 1.70. The molecule has 0 saturated heterocycles. The average Bonchev–Trinajstić information content (AvgIpc) is 3.09. The molecule has 90 valence electrons. The van der Waals surface area contributed by atoms with E-state index in [0.29, 0.717) is 0 Å². The lowest BCUT2D eigenvalue weighted by atomic mass is 10.2. The predicted molar refractivity (Wildman–Crippen MR) is 77.3 cm³/mol. The molecule has 0 bridgehead atoms. The van der Waals surface area contributed by atoms with Crippen molar-refractivity contribution in [2.75, 3.05) is 5.43 Å². The molecule has 2 nitrogen and oxygen atoms in total. The van der Waals surface area contributed by atoms with Crippen LogP contribution in [-0.2, 0) is 6.54 Å². The minimum Gasteiger partial charge on any atom is -0.321 e. The monoisotopic (exact) mass is 254 g/mol. The zero-order chi connectivity index (χ0) is 12.2. The van der Waals surface area contributed by atoms with Crippen LogP contribution in [0.2, 0.25) is 0 Å². The van der Waals surface area contributed by atoms with Gasteiger partial charge in [-0.05, 0) is 29.8 Å². The summed E-state index contributed by atoms with van der Waals surface area (Å²) in [6.07, 6.45) is 4.01. The summed E-state index contributed by atoms with van der Waals surface area (Å²) < 4.78 is 1.97. The van der Waals surface area contributed by atoms with Gasteiger partial charge in [0.1, 0.15) is 0 Å². The van der Waals surface area contributed by atoms with E-state index in [1.807, 2.05) is 46.6 Å². The van der Waals surface area contributed by atoms with Gasteiger partial charge in [-0.1, -0.05) is 30.3 Å². The lowest BCUT2D eigenvalue weighted by Gasteiger charge is -2.04. The van der Waals surface area contributed by atoms with Crippen molar-refractivity contribution in [2.45, 2.75) is 6.54 Å². The molecule has 1 N–H and O–H groups in total. The van der Waals surface area contributed by atoms with Crippen LogP contribution in [-0.4, -0.2) is 4.68 Å². The van der Waals surface area contributed by atoms with Crippen LogP contribution in [0.25, 0.3) is 10.4 Å². The summed E-state index contributed by atoms with van der Waals surface area (Å²) in [5, 5.41) is 0. The summed E-state index contributed by atoms with van der Waals surface area (Å²) in [4.78, 5) is 2.66. The number of thiophene rings is 1. The molecule has 0 aliphatic carbocycles. The second-order valence-corrected chi connectivity index (χ2v) is 5.23. The fourth-order valence-electron chi connectivity index (χ4n) is 1.84. The van der Waals surface area contributed by atoms with Gasteiger partial charge in [0.05, 0.1) is 6.54 Å². The Labute approximate surface area is 110 Å². The zero-order valence-electron chi connectivity index (χ0n) is 9.91. The first-order valence-corrected chi connectivity index (χ1v) is 6.74. The molecule has 0 fully saturated rings. The maximum atomic E-state index is 3.33. The molecule has 3 rings (SSSR count). The van der Waals surface area contributed by atoms with Crippen molar-refractivity contribution in [3.8, 4) is 10.4 Å². The van der Waals surface area contributed by atoms with Crippen LogP contribution in [0.3, 0.4) is 0 Å². The molecule has 0 amide bonds. The number of hydrogen-bond donors (Lipinski definition) is 1. The first kappa shape index (κ1) is 11.1. The van der Waals surface area contributed by atoms with Gasteiger partial charge in [0.2, 0.25) is 0 Å². The van der Waals surface area contributed by atoms with Crippen molar-refractivity contribution >= 4 is 11.3 Å². The van der Waals surface area contributed by atoms with Gasteiger partial charge in [0.25, 0.3) is 0 Å². The summed E-state index contributed by atoms with van der Waals surface area (Å²) >= 11 is 1.83. The van der Waals surface area contributed by atoms with Crippen molar-refractivity contribution in [2.24, 2.45) is 0 Å². The number of nitrogens with one attached hydrogen (secondary N) is 1. The van der Waals surface area contributed by atoms with Crippen molar-refractivity contribution in [3.63, 3.8) is 0 Å².